The molecule has 1 aromatic rings. The van der Waals surface area contributed by atoms with Gasteiger partial charge >= 0.3 is 0 Å². The first-order valence-electron chi connectivity index (χ1n) is 7.15. The molecule has 0 amide bonds. The largest absolute Gasteiger partial charge is 0.493 e. The average Bonchev–Trinajstić information content (AvgIpc) is 2.44. The molecule has 0 spiro atoms. The van der Waals surface area contributed by atoms with E-state index in [9.17, 15) is 0 Å². The van der Waals surface area contributed by atoms with E-state index in [2.05, 4.69) is 32.7 Å². The van der Waals surface area contributed by atoms with Gasteiger partial charge < -0.3 is 19.5 Å². The summed E-state index contributed by atoms with van der Waals surface area (Å²) in [5.74, 6) is 2.01. The molecule has 4 nitrogen and oxygen atoms in total. The van der Waals surface area contributed by atoms with Crippen molar-refractivity contribution in [3.8, 4) is 17.2 Å². The van der Waals surface area contributed by atoms with Crippen LogP contribution >= 0.6 is 0 Å². The van der Waals surface area contributed by atoms with Gasteiger partial charge in [-0.15, -0.1) is 6.58 Å². The third-order valence-corrected chi connectivity index (χ3v) is 2.91. The first kappa shape index (κ1) is 17.4. The van der Waals surface area contributed by atoms with E-state index >= 15 is 0 Å². The minimum Gasteiger partial charge on any atom is -0.493 e. The van der Waals surface area contributed by atoms with E-state index in [0.29, 0.717) is 23.9 Å². The monoisotopic (exact) mass is 293 g/mol. The lowest BCUT2D eigenvalue weighted by Gasteiger charge is -2.22. The summed E-state index contributed by atoms with van der Waals surface area (Å²) < 4.78 is 16.6. The lowest BCUT2D eigenvalue weighted by molar-refractivity contribution is 0.279. The van der Waals surface area contributed by atoms with Crippen LogP contribution in [-0.4, -0.2) is 26.4 Å². The summed E-state index contributed by atoms with van der Waals surface area (Å²) in [6.45, 7) is 11.4. The second-order valence-corrected chi connectivity index (χ2v) is 5.86. The molecule has 0 heterocycles. The van der Waals surface area contributed by atoms with E-state index in [1.807, 2.05) is 18.2 Å². The molecule has 0 bridgehead atoms. The molecule has 0 fully saturated rings. The number of hydrogen-bond donors (Lipinski definition) is 1. The van der Waals surface area contributed by atoms with Gasteiger partial charge in [0.05, 0.1) is 20.8 Å². The minimum atomic E-state index is 0.0552. The second-order valence-electron chi connectivity index (χ2n) is 5.86. The van der Waals surface area contributed by atoms with Crippen molar-refractivity contribution in [3.05, 3.63) is 30.4 Å². The Morgan fingerprint density at radius 3 is 2.14 bits per heavy atom. The summed E-state index contributed by atoms with van der Waals surface area (Å²) in [6.07, 6.45) is 2.60. The first-order chi connectivity index (χ1) is 9.91. The Morgan fingerprint density at radius 2 is 1.71 bits per heavy atom. The van der Waals surface area contributed by atoms with E-state index < -0.39 is 0 Å². The summed E-state index contributed by atoms with van der Waals surface area (Å²) in [7, 11) is 3.27. The van der Waals surface area contributed by atoms with Gasteiger partial charge in [0, 0.05) is 12.1 Å². The van der Waals surface area contributed by atoms with Crippen LogP contribution in [0.3, 0.4) is 0 Å². The van der Waals surface area contributed by atoms with Crippen LogP contribution in [0.5, 0.6) is 17.2 Å². The first-order valence-corrected chi connectivity index (χ1v) is 7.15. The zero-order valence-corrected chi connectivity index (χ0v) is 13.8. The number of ether oxygens (including phenoxy) is 3. The summed E-state index contributed by atoms with van der Waals surface area (Å²) in [5, 5.41) is 3.45. The van der Waals surface area contributed by atoms with Crippen LogP contribution in [0.4, 0.5) is 0 Å². The van der Waals surface area contributed by atoms with Crippen LogP contribution in [0, 0.1) is 0 Å². The van der Waals surface area contributed by atoms with Crippen molar-refractivity contribution in [3.63, 3.8) is 0 Å². The van der Waals surface area contributed by atoms with Crippen LogP contribution in [0.15, 0.2) is 24.8 Å². The predicted octanol–water partition coefficient (Wildman–Crippen LogP) is 3.55. The Morgan fingerprint density at radius 1 is 1.14 bits per heavy atom. The van der Waals surface area contributed by atoms with Crippen molar-refractivity contribution in [1.82, 2.24) is 5.32 Å². The fraction of sp³-hybridized carbons (Fsp3) is 0.529. The zero-order valence-electron chi connectivity index (χ0n) is 13.8. The van der Waals surface area contributed by atoms with Gasteiger partial charge in [-0.2, -0.15) is 0 Å². The summed E-state index contributed by atoms with van der Waals surface area (Å²) in [6, 6.07) is 3.95. The van der Waals surface area contributed by atoms with Crippen molar-refractivity contribution in [2.24, 2.45) is 0 Å². The van der Waals surface area contributed by atoms with Crippen LogP contribution in [0.2, 0.25) is 0 Å². The van der Waals surface area contributed by atoms with Gasteiger partial charge in [0.25, 0.3) is 0 Å². The molecule has 0 saturated heterocycles. The quantitative estimate of drug-likeness (QED) is 0.588. The highest BCUT2D eigenvalue weighted by molar-refractivity contribution is 5.53. The average molecular weight is 293 g/mol. The van der Waals surface area contributed by atoms with Crippen molar-refractivity contribution in [1.29, 1.82) is 0 Å². The van der Waals surface area contributed by atoms with Gasteiger partial charge in [-0.1, -0.05) is 6.08 Å². The smallest absolute Gasteiger partial charge is 0.203 e. The zero-order chi connectivity index (χ0) is 15.9. The van der Waals surface area contributed by atoms with Crippen LogP contribution < -0.4 is 19.5 Å². The van der Waals surface area contributed by atoms with Gasteiger partial charge in [0.1, 0.15) is 0 Å². The Balaban J connectivity index is 2.96. The van der Waals surface area contributed by atoms with Crippen molar-refractivity contribution in [2.75, 3.05) is 20.8 Å². The maximum absolute atomic E-state index is 5.75. The van der Waals surface area contributed by atoms with Gasteiger partial charge in [-0.25, -0.2) is 0 Å². The fourth-order valence-corrected chi connectivity index (χ4v) is 1.79. The molecule has 0 radical (unpaired) electrons. The molecular formula is C17H27NO3. The summed E-state index contributed by atoms with van der Waals surface area (Å²) >= 11 is 0. The van der Waals surface area contributed by atoms with Crippen molar-refractivity contribution < 1.29 is 14.2 Å². The maximum Gasteiger partial charge on any atom is 0.203 e. The highest BCUT2D eigenvalue weighted by atomic mass is 16.5. The van der Waals surface area contributed by atoms with Crippen LogP contribution in [-0.2, 0) is 6.54 Å². The lowest BCUT2D eigenvalue weighted by atomic mass is 10.1. The molecule has 0 aliphatic rings. The van der Waals surface area contributed by atoms with E-state index in [1.165, 1.54) is 0 Å². The second kappa shape index (κ2) is 7.93. The van der Waals surface area contributed by atoms with Gasteiger partial charge in [0.15, 0.2) is 11.5 Å². The third-order valence-electron chi connectivity index (χ3n) is 2.91. The number of methoxy groups -OCH3 is 2. The molecule has 1 rings (SSSR count). The number of benzene rings is 1. The Bertz CT molecular complexity index is 439. The van der Waals surface area contributed by atoms with Gasteiger partial charge in [-0.3, -0.25) is 0 Å². The molecule has 0 aliphatic carbocycles. The molecule has 0 atom stereocenters. The molecule has 118 valence electrons. The number of rotatable bonds is 8. The molecule has 4 heteroatoms. The normalized spacial score (nSPS) is 11.1. The lowest BCUT2D eigenvalue weighted by Crippen LogP contribution is -2.35. The molecule has 1 aromatic carbocycles. The summed E-state index contributed by atoms with van der Waals surface area (Å²) in [4.78, 5) is 0. The SMILES string of the molecule is C=CCCOc1c(OC)cc(CNC(C)(C)C)cc1OC. The van der Waals surface area contributed by atoms with Crippen LogP contribution in [0.1, 0.15) is 32.8 Å². The predicted molar refractivity (Wildman–Crippen MR) is 86.4 cm³/mol. The van der Waals surface area contributed by atoms with Crippen molar-refractivity contribution >= 4 is 0 Å². The minimum absolute atomic E-state index is 0.0552. The van der Waals surface area contributed by atoms with E-state index in [0.717, 1.165) is 18.5 Å². The molecule has 1 N–H and O–H groups in total. The summed E-state index contributed by atoms with van der Waals surface area (Å²) in [5.41, 5.74) is 1.15. The molecule has 0 unspecified atom stereocenters. The molecule has 0 aliphatic heterocycles. The van der Waals surface area contributed by atoms with Crippen molar-refractivity contribution in [2.45, 2.75) is 39.3 Å². The topological polar surface area (TPSA) is 39.7 Å². The van der Waals surface area contributed by atoms with E-state index in [-0.39, 0.29) is 5.54 Å². The Hall–Kier alpha value is -1.68. The Labute approximate surface area is 128 Å². The molecule has 0 saturated carbocycles. The number of nitrogens with one attached hydrogen (secondary N) is 1. The standard InChI is InChI=1S/C17H27NO3/c1-7-8-9-21-16-14(19-5)10-13(11-15(16)20-6)12-18-17(2,3)4/h7,10-11,18H,1,8-9,12H2,2-6H3. The van der Waals surface area contributed by atoms with E-state index in [4.69, 9.17) is 14.2 Å². The molecule has 0 aromatic heterocycles. The van der Waals surface area contributed by atoms with E-state index in [1.54, 1.807) is 14.2 Å². The third kappa shape index (κ3) is 5.68. The maximum atomic E-state index is 5.75. The Kier molecular flexibility index (Phi) is 6.56. The fourth-order valence-electron chi connectivity index (χ4n) is 1.79. The number of hydrogen-bond acceptors (Lipinski definition) is 4. The molecular weight excluding hydrogens is 266 g/mol. The molecule has 21 heavy (non-hydrogen) atoms. The highest BCUT2D eigenvalue weighted by Crippen LogP contribution is 2.38. The highest BCUT2D eigenvalue weighted by Gasteiger charge is 2.15. The van der Waals surface area contributed by atoms with Crippen LogP contribution in [0.25, 0.3) is 0 Å². The van der Waals surface area contributed by atoms with Gasteiger partial charge in [-0.05, 0) is 44.9 Å². The van der Waals surface area contributed by atoms with Gasteiger partial charge in [0.2, 0.25) is 5.75 Å².